The van der Waals surface area contributed by atoms with Gasteiger partial charge in [0.25, 0.3) is 0 Å². The first-order valence-corrected chi connectivity index (χ1v) is 7.83. The second kappa shape index (κ2) is 5.52. The second-order valence-electron chi connectivity index (χ2n) is 3.88. The molecule has 1 amide bonds. The average Bonchev–Trinajstić information content (AvgIpc) is 2.80. The van der Waals surface area contributed by atoms with Crippen molar-refractivity contribution in [1.82, 2.24) is 0 Å². The maximum atomic E-state index is 11.8. The Hall–Kier alpha value is -1.70. The van der Waals surface area contributed by atoms with E-state index in [9.17, 15) is 13.2 Å². The van der Waals surface area contributed by atoms with Crippen molar-refractivity contribution in [2.24, 2.45) is 5.14 Å². The Bertz CT molecular complexity index is 679. The lowest BCUT2D eigenvalue weighted by Crippen LogP contribution is -2.15. The summed E-state index contributed by atoms with van der Waals surface area (Å²) >= 11 is 1.49. The molecule has 7 heteroatoms. The molecule has 0 spiro atoms. The molecule has 19 heavy (non-hydrogen) atoms. The van der Waals surface area contributed by atoms with Gasteiger partial charge in [0.15, 0.2) is 0 Å². The minimum Gasteiger partial charge on any atom is -0.326 e. The quantitative estimate of drug-likeness (QED) is 0.897. The van der Waals surface area contributed by atoms with E-state index in [1.165, 1.54) is 29.5 Å². The van der Waals surface area contributed by atoms with Crippen LogP contribution in [-0.2, 0) is 21.2 Å². The number of amides is 1. The maximum Gasteiger partial charge on any atom is 0.238 e. The molecule has 0 unspecified atom stereocenters. The van der Waals surface area contributed by atoms with Crippen molar-refractivity contribution >= 4 is 33.0 Å². The number of thiophene rings is 1. The molecule has 2 rings (SSSR count). The van der Waals surface area contributed by atoms with E-state index < -0.39 is 10.0 Å². The molecule has 5 nitrogen and oxygen atoms in total. The highest BCUT2D eigenvalue weighted by Crippen LogP contribution is 2.15. The first kappa shape index (κ1) is 13.7. The number of carbonyl (C=O) groups excluding carboxylic acids is 1. The zero-order chi connectivity index (χ0) is 13.9. The summed E-state index contributed by atoms with van der Waals surface area (Å²) in [6.07, 6.45) is 0.261. The number of hydrogen-bond acceptors (Lipinski definition) is 4. The molecule has 1 heterocycles. The van der Waals surface area contributed by atoms with Crippen molar-refractivity contribution in [2.75, 3.05) is 5.32 Å². The third kappa shape index (κ3) is 3.88. The highest BCUT2D eigenvalue weighted by molar-refractivity contribution is 7.89. The number of anilines is 1. The first-order chi connectivity index (χ1) is 8.95. The summed E-state index contributed by atoms with van der Waals surface area (Å²) in [6, 6.07) is 9.59. The van der Waals surface area contributed by atoms with Crippen LogP contribution in [0.4, 0.5) is 5.69 Å². The molecule has 0 atom stereocenters. The van der Waals surface area contributed by atoms with E-state index in [0.717, 1.165) is 4.88 Å². The number of nitrogens with two attached hydrogens (primary N) is 1. The summed E-state index contributed by atoms with van der Waals surface area (Å²) in [5, 5.41) is 9.56. The largest absolute Gasteiger partial charge is 0.326 e. The Morgan fingerprint density at radius 3 is 2.68 bits per heavy atom. The molecule has 0 radical (unpaired) electrons. The van der Waals surface area contributed by atoms with Crippen molar-refractivity contribution in [1.29, 1.82) is 0 Å². The molecule has 0 fully saturated rings. The Morgan fingerprint density at radius 1 is 1.26 bits per heavy atom. The average molecular weight is 296 g/mol. The molecule has 0 saturated heterocycles. The van der Waals surface area contributed by atoms with Gasteiger partial charge < -0.3 is 5.32 Å². The molecule has 0 aliphatic carbocycles. The van der Waals surface area contributed by atoms with Gasteiger partial charge in [0.1, 0.15) is 0 Å². The maximum absolute atomic E-state index is 11.8. The molecule has 1 aromatic heterocycles. The van der Waals surface area contributed by atoms with Gasteiger partial charge in [0.05, 0.1) is 11.3 Å². The number of primary sulfonamides is 1. The normalized spacial score (nSPS) is 11.2. The molecule has 2 aromatic rings. The van der Waals surface area contributed by atoms with Crippen LogP contribution >= 0.6 is 11.3 Å². The molecule has 0 aliphatic heterocycles. The Morgan fingerprint density at radius 2 is 2.05 bits per heavy atom. The zero-order valence-electron chi connectivity index (χ0n) is 9.87. The van der Waals surface area contributed by atoms with E-state index in [2.05, 4.69) is 5.32 Å². The summed E-state index contributed by atoms with van der Waals surface area (Å²) in [4.78, 5) is 12.7. The van der Waals surface area contributed by atoms with Gasteiger partial charge in [-0.05, 0) is 29.6 Å². The van der Waals surface area contributed by atoms with E-state index in [1.54, 1.807) is 6.07 Å². The number of rotatable bonds is 4. The van der Waals surface area contributed by atoms with Gasteiger partial charge >= 0.3 is 0 Å². The SMILES string of the molecule is NS(=O)(=O)c1cccc(NC(=O)Cc2cccs2)c1. The van der Waals surface area contributed by atoms with E-state index in [0.29, 0.717) is 5.69 Å². The molecule has 100 valence electrons. The van der Waals surface area contributed by atoms with E-state index in [-0.39, 0.29) is 17.2 Å². The van der Waals surface area contributed by atoms with Crippen LogP contribution in [0.5, 0.6) is 0 Å². The number of carbonyl (C=O) groups is 1. The molecule has 3 N–H and O–H groups in total. The van der Waals surface area contributed by atoms with E-state index >= 15 is 0 Å². The number of hydrogen-bond donors (Lipinski definition) is 2. The number of sulfonamides is 1. The molecular formula is C12H12N2O3S2. The van der Waals surface area contributed by atoms with Crippen LogP contribution in [0.25, 0.3) is 0 Å². The Labute approximate surface area is 115 Å². The fourth-order valence-corrected chi connectivity index (χ4v) is 2.79. The lowest BCUT2D eigenvalue weighted by atomic mass is 10.3. The lowest BCUT2D eigenvalue weighted by molar-refractivity contribution is -0.115. The topological polar surface area (TPSA) is 89.3 Å². The van der Waals surface area contributed by atoms with Crippen LogP contribution in [0, 0.1) is 0 Å². The molecule has 0 saturated carbocycles. The molecule has 0 bridgehead atoms. The van der Waals surface area contributed by atoms with Crippen LogP contribution in [0.1, 0.15) is 4.88 Å². The fraction of sp³-hybridized carbons (Fsp3) is 0.0833. The van der Waals surface area contributed by atoms with Crippen molar-refractivity contribution in [2.45, 2.75) is 11.3 Å². The van der Waals surface area contributed by atoms with Crippen LogP contribution in [0.15, 0.2) is 46.7 Å². The van der Waals surface area contributed by atoms with Crippen LogP contribution < -0.4 is 10.5 Å². The lowest BCUT2D eigenvalue weighted by Gasteiger charge is -2.05. The summed E-state index contributed by atoms with van der Waals surface area (Å²) in [6.45, 7) is 0. The van der Waals surface area contributed by atoms with Crippen molar-refractivity contribution in [3.63, 3.8) is 0 Å². The Balaban J connectivity index is 2.09. The summed E-state index contributed by atoms with van der Waals surface area (Å²) in [5.41, 5.74) is 0.410. The number of benzene rings is 1. The van der Waals surface area contributed by atoms with Crippen LogP contribution in [0.3, 0.4) is 0 Å². The van der Waals surface area contributed by atoms with Gasteiger partial charge in [-0.1, -0.05) is 12.1 Å². The first-order valence-electron chi connectivity index (χ1n) is 5.40. The van der Waals surface area contributed by atoms with Crippen molar-refractivity contribution < 1.29 is 13.2 Å². The third-order valence-corrected chi connectivity index (χ3v) is 4.15. The van der Waals surface area contributed by atoms with Crippen LogP contribution in [0.2, 0.25) is 0 Å². The summed E-state index contributed by atoms with van der Waals surface area (Å²) in [5.74, 6) is -0.200. The number of nitrogens with one attached hydrogen (secondary N) is 1. The molecule has 0 aliphatic rings. The van der Waals surface area contributed by atoms with Crippen molar-refractivity contribution in [3.8, 4) is 0 Å². The standard InChI is InChI=1S/C12H12N2O3S2/c13-19(16,17)11-5-1-3-9(7-11)14-12(15)8-10-4-2-6-18-10/h1-7H,8H2,(H,14,15)(H2,13,16,17). The predicted molar refractivity (Wildman–Crippen MR) is 74.5 cm³/mol. The highest BCUT2D eigenvalue weighted by Gasteiger charge is 2.10. The molecular weight excluding hydrogens is 284 g/mol. The van der Waals surface area contributed by atoms with Gasteiger partial charge in [0.2, 0.25) is 15.9 Å². The van der Waals surface area contributed by atoms with Crippen LogP contribution in [-0.4, -0.2) is 14.3 Å². The van der Waals surface area contributed by atoms with E-state index in [1.807, 2.05) is 17.5 Å². The van der Waals surface area contributed by atoms with Gasteiger partial charge in [-0.2, -0.15) is 0 Å². The summed E-state index contributed by atoms with van der Waals surface area (Å²) in [7, 11) is -3.76. The Kier molecular flexibility index (Phi) is 3.98. The van der Waals surface area contributed by atoms with Gasteiger partial charge in [-0.3, -0.25) is 4.79 Å². The monoisotopic (exact) mass is 296 g/mol. The third-order valence-electron chi connectivity index (χ3n) is 2.36. The van der Waals surface area contributed by atoms with Gasteiger partial charge in [-0.15, -0.1) is 11.3 Å². The smallest absolute Gasteiger partial charge is 0.238 e. The summed E-state index contributed by atoms with van der Waals surface area (Å²) < 4.78 is 22.4. The second-order valence-corrected chi connectivity index (χ2v) is 6.47. The van der Waals surface area contributed by atoms with Gasteiger partial charge in [-0.25, -0.2) is 13.6 Å². The molecule has 1 aromatic carbocycles. The van der Waals surface area contributed by atoms with Gasteiger partial charge in [0, 0.05) is 10.6 Å². The van der Waals surface area contributed by atoms with Crippen molar-refractivity contribution in [3.05, 3.63) is 46.7 Å². The zero-order valence-corrected chi connectivity index (χ0v) is 11.5. The van der Waals surface area contributed by atoms with E-state index in [4.69, 9.17) is 5.14 Å². The highest BCUT2D eigenvalue weighted by atomic mass is 32.2. The minimum atomic E-state index is -3.76. The predicted octanol–water partition coefficient (Wildman–Crippen LogP) is 1.58. The fourth-order valence-electron chi connectivity index (χ4n) is 1.53. The minimum absolute atomic E-state index is 0.0265.